The van der Waals surface area contributed by atoms with E-state index in [0.717, 1.165) is 27.8 Å². The molecule has 0 radical (unpaired) electrons. The molecule has 0 fully saturated rings. The van der Waals surface area contributed by atoms with Crippen LogP contribution in [0.2, 0.25) is 0 Å². The number of aromatic nitrogens is 1. The Bertz CT molecular complexity index is 754. The van der Waals surface area contributed by atoms with Gasteiger partial charge in [0.1, 0.15) is 13.2 Å². The van der Waals surface area contributed by atoms with Gasteiger partial charge in [0.05, 0.1) is 10.7 Å². The van der Waals surface area contributed by atoms with Crippen molar-refractivity contribution in [1.82, 2.24) is 9.88 Å². The lowest BCUT2D eigenvalue weighted by Gasteiger charge is -2.24. The Kier molecular flexibility index (Phi) is 5.15. The summed E-state index contributed by atoms with van der Waals surface area (Å²) in [5.41, 5.74) is 1.77. The molecule has 1 aromatic carbocycles. The third kappa shape index (κ3) is 3.76. The molecule has 1 amide bonds. The summed E-state index contributed by atoms with van der Waals surface area (Å²) < 4.78 is 11.3. The lowest BCUT2D eigenvalue weighted by Crippen LogP contribution is -2.29. The standard InChI is InChI=1S/C18H20N2O3S/c1-3-20(17(21)8-7-15-12-24-13(2)19-15)11-14-5-4-6-16-18(14)23-10-9-22-16/h4-8,12H,3,9-11H2,1-2H3/b8-7-. The van der Waals surface area contributed by atoms with Crippen LogP contribution in [0.25, 0.3) is 6.08 Å². The summed E-state index contributed by atoms with van der Waals surface area (Å²) in [5, 5.41) is 2.93. The highest BCUT2D eigenvalue weighted by molar-refractivity contribution is 7.09. The molecule has 5 nitrogen and oxygen atoms in total. The van der Waals surface area contributed by atoms with Gasteiger partial charge < -0.3 is 14.4 Å². The Morgan fingerprint density at radius 3 is 2.96 bits per heavy atom. The van der Waals surface area contributed by atoms with Crippen molar-refractivity contribution in [3.8, 4) is 11.5 Å². The number of carbonyl (C=O) groups excluding carboxylic acids is 1. The van der Waals surface area contributed by atoms with Crippen molar-refractivity contribution in [1.29, 1.82) is 0 Å². The van der Waals surface area contributed by atoms with Crippen molar-refractivity contribution in [3.05, 3.63) is 45.9 Å². The van der Waals surface area contributed by atoms with Gasteiger partial charge >= 0.3 is 0 Å². The predicted octanol–water partition coefficient (Wildman–Crippen LogP) is 3.28. The molecule has 0 saturated carbocycles. The van der Waals surface area contributed by atoms with E-state index in [1.54, 1.807) is 28.4 Å². The number of rotatable bonds is 5. The van der Waals surface area contributed by atoms with E-state index in [1.165, 1.54) is 0 Å². The van der Waals surface area contributed by atoms with Gasteiger partial charge in [0.25, 0.3) is 0 Å². The highest BCUT2D eigenvalue weighted by Crippen LogP contribution is 2.34. The van der Waals surface area contributed by atoms with Crippen LogP contribution in [-0.4, -0.2) is 35.5 Å². The van der Waals surface area contributed by atoms with E-state index < -0.39 is 0 Å². The van der Waals surface area contributed by atoms with Gasteiger partial charge in [-0.05, 0) is 26.0 Å². The minimum Gasteiger partial charge on any atom is -0.486 e. The molecule has 0 N–H and O–H groups in total. The molecule has 2 aromatic rings. The van der Waals surface area contributed by atoms with E-state index in [2.05, 4.69) is 4.98 Å². The molecule has 0 unspecified atom stereocenters. The first-order chi connectivity index (χ1) is 11.7. The quantitative estimate of drug-likeness (QED) is 0.781. The van der Waals surface area contributed by atoms with E-state index in [9.17, 15) is 4.79 Å². The van der Waals surface area contributed by atoms with Gasteiger partial charge in [-0.2, -0.15) is 0 Å². The van der Waals surface area contributed by atoms with Crippen LogP contribution in [0.3, 0.4) is 0 Å². The zero-order valence-corrected chi connectivity index (χ0v) is 14.6. The van der Waals surface area contributed by atoms with Crippen LogP contribution >= 0.6 is 11.3 Å². The zero-order chi connectivity index (χ0) is 16.9. The maximum absolute atomic E-state index is 12.5. The maximum atomic E-state index is 12.5. The number of nitrogens with zero attached hydrogens (tertiary/aromatic N) is 2. The summed E-state index contributed by atoms with van der Waals surface area (Å²) in [7, 11) is 0. The molecule has 0 atom stereocenters. The fourth-order valence-corrected chi connectivity index (χ4v) is 3.11. The minimum atomic E-state index is -0.0440. The first kappa shape index (κ1) is 16.5. The predicted molar refractivity (Wildman–Crippen MR) is 94.4 cm³/mol. The molecule has 0 saturated heterocycles. The average molecular weight is 344 g/mol. The van der Waals surface area contributed by atoms with Gasteiger partial charge in [-0.1, -0.05) is 12.1 Å². The molecule has 3 rings (SSSR count). The summed E-state index contributed by atoms with van der Waals surface area (Å²) in [6.45, 7) is 6.11. The van der Waals surface area contributed by atoms with Gasteiger partial charge in [0.15, 0.2) is 11.5 Å². The van der Waals surface area contributed by atoms with Gasteiger partial charge in [-0.25, -0.2) is 4.98 Å². The number of thiazole rings is 1. The molecular weight excluding hydrogens is 324 g/mol. The molecule has 2 heterocycles. The first-order valence-electron chi connectivity index (χ1n) is 7.94. The van der Waals surface area contributed by atoms with Crippen LogP contribution in [0.1, 0.15) is 23.2 Å². The zero-order valence-electron chi connectivity index (χ0n) is 13.8. The molecule has 6 heteroatoms. The Labute approximate surface area is 145 Å². The van der Waals surface area contributed by atoms with Crippen LogP contribution < -0.4 is 9.47 Å². The topological polar surface area (TPSA) is 51.7 Å². The highest BCUT2D eigenvalue weighted by atomic mass is 32.1. The lowest BCUT2D eigenvalue weighted by atomic mass is 10.1. The fraction of sp³-hybridized carbons (Fsp3) is 0.333. The lowest BCUT2D eigenvalue weighted by molar-refractivity contribution is -0.126. The maximum Gasteiger partial charge on any atom is 0.246 e. The molecule has 24 heavy (non-hydrogen) atoms. The van der Waals surface area contributed by atoms with Gasteiger partial charge in [-0.15, -0.1) is 11.3 Å². The first-order valence-corrected chi connectivity index (χ1v) is 8.82. The number of amides is 1. The summed E-state index contributed by atoms with van der Waals surface area (Å²) in [6.07, 6.45) is 3.33. The number of fused-ring (bicyclic) bond motifs is 1. The average Bonchev–Trinajstić information content (AvgIpc) is 3.03. The van der Waals surface area contributed by atoms with Crippen molar-refractivity contribution < 1.29 is 14.3 Å². The van der Waals surface area contributed by atoms with Gasteiger partial charge in [-0.3, -0.25) is 4.79 Å². The Morgan fingerprint density at radius 2 is 2.21 bits per heavy atom. The minimum absolute atomic E-state index is 0.0440. The van der Waals surface area contributed by atoms with E-state index in [4.69, 9.17) is 9.47 Å². The molecule has 0 aliphatic carbocycles. The Balaban J connectivity index is 1.72. The molecule has 126 valence electrons. The number of carbonyl (C=O) groups is 1. The number of ether oxygens (including phenoxy) is 2. The normalized spacial score (nSPS) is 13.2. The van der Waals surface area contributed by atoms with Crippen LogP contribution in [0.5, 0.6) is 11.5 Å². The molecule has 1 aromatic heterocycles. The summed E-state index contributed by atoms with van der Waals surface area (Å²) in [4.78, 5) is 18.6. The van der Waals surface area contributed by atoms with Crippen molar-refractivity contribution >= 4 is 23.3 Å². The van der Waals surface area contributed by atoms with E-state index in [1.807, 2.05) is 37.4 Å². The van der Waals surface area contributed by atoms with Crippen LogP contribution in [0.15, 0.2) is 29.7 Å². The van der Waals surface area contributed by atoms with Crippen LogP contribution in [-0.2, 0) is 11.3 Å². The largest absolute Gasteiger partial charge is 0.486 e. The van der Waals surface area contributed by atoms with E-state index >= 15 is 0 Å². The Hall–Kier alpha value is -2.34. The van der Waals surface area contributed by atoms with Gasteiger partial charge in [0.2, 0.25) is 5.91 Å². The number of hydrogen-bond donors (Lipinski definition) is 0. The summed E-state index contributed by atoms with van der Waals surface area (Å²) >= 11 is 1.57. The van der Waals surface area contributed by atoms with Crippen molar-refractivity contribution in [2.45, 2.75) is 20.4 Å². The molecular formula is C18H20N2O3S. The second-order valence-electron chi connectivity index (χ2n) is 5.42. The van der Waals surface area contributed by atoms with Crippen LogP contribution in [0.4, 0.5) is 0 Å². The van der Waals surface area contributed by atoms with Crippen LogP contribution in [0, 0.1) is 6.92 Å². The number of hydrogen-bond acceptors (Lipinski definition) is 5. The number of benzene rings is 1. The third-order valence-corrected chi connectivity index (χ3v) is 4.53. The monoisotopic (exact) mass is 344 g/mol. The smallest absolute Gasteiger partial charge is 0.246 e. The SMILES string of the molecule is CCN(Cc1cccc2c1OCCO2)C(=O)/C=C\c1csc(C)n1. The van der Waals surface area contributed by atoms with Gasteiger partial charge in [0, 0.05) is 30.1 Å². The second kappa shape index (κ2) is 7.49. The number of aryl methyl sites for hydroxylation is 1. The third-order valence-electron chi connectivity index (χ3n) is 3.74. The second-order valence-corrected chi connectivity index (χ2v) is 6.48. The molecule has 0 bridgehead atoms. The van der Waals surface area contributed by atoms with Crippen molar-refractivity contribution in [3.63, 3.8) is 0 Å². The van der Waals surface area contributed by atoms with E-state index in [-0.39, 0.29) is 5.91 Å². The van der Waals surface area contributed by atoms with E-state index in [0.29, 0.717) is 26.3 Å². The molecule has 0 spiro atoms. The summed E-state index contributed by atoms with van der Waals surface area (Å²) in [6, 6.07) is 5.78. The number of para-hydroxylation sites is 1. The molecule has 1 aliphatic heterocycles. The highest BCUT2D eigenvalue weighted by Gasteiger charge is 2.18. The van der Waals surface area contributed by atoms with Crippen molar-refractivity contribution in [2.24, 2.45) is 0 Å². The fourth-order valence-electron chi connectivity index (χ4n) is 2.53. The number of likely N-dealkylation sites (N-methyl/N-ethyl adjacent to an activating group) is 1. The summed E-state index contributed by atoms with van der Waals surface area (Å²) in [5.74, 6) is 1.45. The Morgan fingerprint density at radius 1 is 1.38 bits per heavy atom. The molecule has 1 aliphatic rings. The van der Waals surface area contributed by atoms with Crippen molar-refractivity contribution in [2.75, 3.05) is 19.8 Å².